The molecule has 0 bridgehead atoms. The molecule has 0 aliphatic heterocycles. The first-order chi connectivity index (χ1) is 9.33. The van der Waals surface area contributed by atoms with Gasteiger partial charge in [0.25, 0.3) is 0 Å². The van der Waals surface area contributed by atoms with Gasteiger partial charge in [-0.2, -0.15) is 11.8 Å². The number of hydrogen-bond donors (Lipinski definition) is 1. The number of thioether (sulfide) groups is 1. The minimum Gasteiger partial charge on any atom is -0.392 e. The van der Waals surface area contributed by atoms with Gasteiger partial charge in [0.15, 0.2) is 0 Å². The lowest BCUT2D eigenvalue weighted by molar-refractivity contribution is 0.200. The van der Waals surface area contributed by atoms with Crippen LogP contribution in [0.5, 0.6) is 0 Å². The number of aliphatic hydroxyl groups excluding tert-OH is 1. The van der Waals surface area contributed by atoms with Crippen molar-refractivity contribution in [3.05, 3.63) is 35.2 Å². The Balaban J connectivity index is 1.57. The van der Waals surface area contributed by atoms with Crippen molar-refractivity contribution in [2.24, 2.45) is 0 Å². The molecule has 1 saturated carbocycles. The van der Waals surface area contributed by atoms with Crippen molar-refractivity contribution in [2.75, 3.05) is 5.75 Å². The molecule has 3 heteroatoms. The van der Waals surface area contributed by atoms with E-state index in [1.807, 2.05) is 11.8 Å². The van der Waals surface area contributed by atoms with Gasteiger partial charge in [-0.15, -0.1) is 11.3 Å². The smallest absolute Gasteiger partial charge is 0.0671 e. The average molecular weight is 292 g/mol. The van der Waals surface area contributed by atoms with Crippen LogP contribution in [0.4, 0.5) is 0 Å². The SMILES string of the molecule is OC(CSC1CCCC1)Cc1csc2ccccc12. The molecule has 1 nitrogen and oxygen atoms in total. The summed E-state index contributed by atoms with van der Waals surface area (Å²) in [6.07, 6.45) is 6.04. The van der Waals surface area contributed by atoms with Crippen molar-refractivity contribution >= 4 is 33.2 Å². The molecule has 0 amide bonds. The summed E-state index contributed by atoms with van der Waals surface area (Å²) in [5.74, 6) is 0.884. The molecule has 1 aromatic carbocycles. The first kappa shape index (κ1) is 13.5. The number of thiophene rings is 1. The van der Waals surface area contributed by atoms with Gasteiger partial charge < -0.3 is 5.11 Å². The van der Waals surface area contributed by atoms with Gasteiger partial charge in [0.2, 0.25) is 0 Å². The second-order valence-corrected chi connectivity index (χ2v) is 7.60. The van der Waals surface area contributed by atoms with Crippen molar-refractivity contribution in [3.63, 3.8) is 0 Å². The van der Waals surface area contributed by atoms with E-state index < -0.39 is 0 Å². The van der Waals surface area contributed by atoms with Crippen molar-refractivity contribution in [2.45, 2.75) is 43.5 Å². The van der Waals surface area contributed by atoms with Crippen LogP contribution >= 0.6 is 23.1 Å². The summed E-state index contributed by atoms with van der Waals surface area (Å²) in [5.41, 5.74) is 1.31. The molecule has 1 atom stereocenters. The summed E-state index contributed by atoms with van der Waals surface area (Å²) in [7, 11) is 0. The van der Waals surface area contributed by atoms with Crippen LogP contribution in [0.15, 0.2) is 29.6 Å². The van der Waals surface area contributed by atoms with Crippen LogP contribution in [-0.4, -0.2) is 22.2 Å². The average Bonchev–Trinajstić information content (AvgIpc) is 3.07. The highest BCUT2D eigenvalue weighted by molar-refractivity contribution is 7.99. The fourth-order valence-electron chi connectivity index (χ4n) is 2.81. The number of rotatable bonds is 5. The maximum absolute atomic E-state index is 10.2. The quantitative estimate of drug-likeness (QED) is 0.876. The molecule has 1 aliphatic carbocycles. The normalized spacial score (nSPS) is 18.2. The van der Waals surface area contributed by atoms with Crippen molar-refractivity contribution in [1.82, 2.24) is 0 Å². The summed E-state index contributed by atoms with van der Waals surface area (Å²) < 4.78 is 1.33. The highest BCUT2D eigenvalue weighted by atomic mass is 32.2. The minimum atomic E-state index is -0.205. The lowest BCUT2D eigenvalue weighted by atomic mass is 10.1. The Kier molecular flexibility index (Phi) is 4.46. The standard InChI is InChI=1S/C16H20OS2/c17-13(11-18-14-5-1-2-6-14)9-12-10-19-16-8-4-3-7-15(12)16/h3-4,7-8,10,13-14,17H,1-2,5-6,9,11H2. The third-order valence-corrected chi connectivity index (χ3v) is 6.38. The third-order valence-electron chi connectivity index (χ3n) is 3.84. The van der Waals surface area contributed by atoms with E-state index in [9.17, 15) is 5.11 Å². The summed E-state index contributed by atoms with van der Waals surface area (Å²) in [6, 6.07) is 8.48. The van der Waals surface area contributed by atoms with Gasteiger partial charge >= 0.3 is 0 Å². The van der Waals surface area contributed by atoms with Gasteiger partial charge in [0, 0.05) is 22.1 Å². The van der Waals surface area contributed by atoms with Crippen LogP contribution in [0, 0.1) is 0 Å². The van der Waals surface area contributed by atoms with E-state index in [0.717, 1.165) is 17.4 Å². The molecule has 1 fully saturated rings. The Morgan fingerprint density at radius 1 is 1.26 bits per heavy atom. The van der Waals surface area contributed by atoms with Gasteiger partial charge in [0.1, 0.15) is 0 Å². The van der Waals surface area contributed by atoms with Crippen LogP contribution in [-0.2, 0) is 6.42 Å². The van der Waals surface area contributed by atoms with E-state index in [2.05, 4.69) is 29.6 Å². The molecule has 1 aromatic heterocycles. The number of benzene rings is 1. The van der Waals surface area contributed by atoms with E-state index in [0.29, 0.717) is 0 Å². The molecule has 19 heavy (non-hydrogen) atoms. The Bertz CT molecular complexity index is 528. The molecule has 0 spiro atoms. The largest absolute Gasteiger partial charge is 0.392 e. The van der Waals surface area contributed by atoms with Crippen molar-refractivity contribution in [3.8, 4) is 0 Å². The first-order valence-corrected chi connectivity index (χ1v) is 9.00. The molecule has 1 N–H and O–H groups in total. The van der Waals surface area contributed by atoms with Crippen LogP contribution in [0.2, 0.25) is 0 Å². The number of hydrogen-bond acceptors (Lipinski definition) is 3. The van der Waals surface area contributed by atoms with E-state index >= 15 is 0 Å². The maximum Gasteiger partial charge on any atom is 0.0671 e. The Morgan fingerprint density at radius 3 is 2.89 bits per heavy atom. The molecule has 0 radical (unpaired) electrons. The number of fused-ring (bicyclic) bond motifs is 1. The third kappa shape index (κ3) is 3.33. The van der Waals surface area contributed by atoms with E-state index in [1.54, 1.807) is 11.3 Å². The minimum absolute atomic E-state index is 0.205. The highest BCUT2D eigenvalue weighted by Gasteiger charge is 2.17. The summed E-state index contributed by atoms with van der Waals surface area (Å²) >= 11 is 3.75. The molecule has 1 heterocycles. The molecule has 1 unspecified atom stereocenters. The fraction of sp³-hybridized carbons (Fsp3) is 0.500. The van der Waals surface area contributed by atoms with Gasteiger partial charge in [-0.25, -0.2) is 0 Å². The van der Waals surface area contributed by atoms with Crippen LogP contribution in [0.1, 0.15) is 31.2 Å². The lowest BCUT2D eigenvalue weighted by Crippen LogP contribution is -2.15. The van der Waals surface area contributed by atoms with E-state index in [4.69, 9.17) is 0 Å². The summed E-state index contributed by atoms with van der Waals surface area (Å²) in [5, 5.41) is 14.5. The second-order valence-electron chi connectivity index (χ2n) is 5.35. The molecular weight excluding hydrogens is 272 g/mol. The predicted molar refractivity (Wildman–Crippen MR) is 86.2 cm³/mol. The molecule has 2 aromatic rings. The van der Waals surface area contributed by atoms with Crippen LogP contribution in [0.25, 0.3) is 10.1 Å². The zero-order chi connectivity index (χ0) is 13.1. The Labute approximate surface area is 123 Å². The lowest BCUT2D eigenvalue weighted by Gasteiger charge is -2.13. The van der Waals surface area contributed by atoms with Gasteiger partial charge in [0.05, 0.1) is 6.10 Å². The summed E-state index contributed by atoms with van der Waals surface area (Å²) in [4.78, 5) is 0. The first-order valence-electron chi connectivity index (χ1n) is 7.07. The molecule has 3 rings (SSSR count). The van der Waals surface area contributed by atoms with Gasteiger partial charge in [-0.3, -0.25) is 0 Å². The van der Waals surface area contributed by atoms with E-state index in [-0.39, 0.29) is 6.10 Å². The zero-order valence-corrected chi connectivity index (χ0v) is 12.7. The Hall–Kier alpha value is -0.510. The molecule has 1 aliphatic rings. The topological polar surface area (TPSA) is 20.2 Å². The van der Waals surface area contributed by atoms with Crippen LogP contribution in [0.3, 0.4) is 0 Å². The highest BCUT2D eigenvalue weighted by Crippen LogP contribution is 2.31. The van der Waals surface area contributed by atoms with Crippen molar-refractivity contribution in [1.29, 1.82) is 0 Å². The molecule has 102 valence electrons. The molecule has 0 saturated heterocycles. The monoisotopic (exact) mass is 292 g/mol. The summed E-state index contributed by atoms with van der Waals surface area (Å²) in [6.45, 7) is 0. The zero-order valence-electron chi connectivity index (χ0n) is 11.0. The Morgan fingerprint density at radius 2 is 2.05 bits per heavy atom. The second kappa shape index (κ2) is 6.29. The van der Waals surface area contributed by atoms with Gasteiger partial charge in [-0.1, -0.05) is 31.0 Å². The maximum atomic E-state index is 10.2. The predicted octanol–water partition coefficient (Wildman–Crippen LogP) is 4.48. The van der Waals surface area contributed by atoms with E-state index in [1.165, 1.54) is 41.3 Å². The van der Waals surface area contributed by atoms with Crippen LogP contribution < -0.4 is 0 Å². The number of aliphatic hydroxyl groups is 1. The molecular formula is C16H20OS2. The van der Waals surface area contributed by atoms with Crippen molar-refractivity contribution < 1.29 is 5.11 Å². The fourth-order valence-corrected chi connectivity index (χ4v) is 5.06. The van der Waals surface area contributed by atoms with Gasteiger partial charge in [-0.05, 0) is 35.2 Å².